The summed E-state index contributed by atoms with van der Waals surface area (Å²) in [5.74, 6) is -1.20. The van der Waals surface area contributed by atoms with Crippen molar-refractivity contribution in [2.75, 3.05) is 6.54 Å². The minimum absolute atomic E-state index is 0.0936. The number of nitrogens with one attached hydrogen (secondary N) is 2. The summed E-state index contributed by atoms with van der Waals surface area (Å²) in [5.41, 5.74) is 0.506. The van der Waals surface area contributed by atoms with E-state index in [0.29, 0.717) is 5.56 Å². The van der Waals surface area contributed by atoms with Gasteiger partial charge in [-0.25, -0.2) is 13.1 Å². The lowest BCUT2D eigenvalue weighted by molar-refractivity contribution is -0.385. The number of rotatable bonds is 11. The summed E-state index contributed by atoms with van der Waals surface area (Å²) in [7, 11) is -3.59. The van der Waals surface area contributed by atoms with Crippen molar-refractivity contribution in [2.45, 2.75) is 44.2 Å². The number of ether oxygens (including phenoxy) is 1. The lowest BCUT2D eigenvalue weighted by Gasteiger charge is -2.18. The van der Waals surface area contributed by atoms with Gasteiger partial charge < -0.3 is 10.1 Å². The van der Waals surface area contributed by atoms with Crippen LogP contribution >= 0.6 is 0 Å². The molecule has 0 aliphatic rings. The van der Waals surface area contributed by atoms with Gasteiger partial charge in [0.1, 0.15) is 0 Å². The highest BCUT2D eigenvalue weighted by Crippen LogP contribution is 2.27. The van der Waals surface area contributed by atoms with Gasteiger partial charge in [0, 0.05) is 18.7 Å². The summed E-state index contributed by atoms with van der Waals surface area (Å²) in [5, 5.41) is 14.1. The van der Waals surface area contributed by atoms with Crippen molar-refractivity contribution in [3.8, 4) is 0 Å². The number of nitrogens with zero attached hydrogens (tertiary/aromatic N) is 1. The summed E-state index contributed by atoms with van der Waals surface area (Å²) in [6.07, 6.45) is 1.99. The molecular formula is C23H27N3O7S. The molecule has 2 N–H and O–H groups in total. The molecule has 1 atom stereocenters. The smallest absolute Gasteiger partial charge is 0.308 e. The van der Waals surface area contributed by atoms with Gasteiger partial charge in [-0.2, -0.15) is 0 Å². The molecule has 0 aliphatic heterocycles. The average molecular weight is 490 g/mol. The minimum atomic E-state index is -3.59. The third-order valence-corrected chi connectivity index (χ3v) is 6.08. The number of amides is 1. The highest BCUT2D eigenvalue weighted by molar-refractivity contribution is 7.89. The Balaban J connectivity index is 2.21. The Morgan fingerprint density at radius 3 is 2.35 bits per heavy atom. The summed E-state index contributed by atoms with van der Waals surface area (Å²) < 4.78 is 31.6. The van der Waals surface area contributed by atoms with E-state index in [9.17, 15) is 28.1 Å². The van der Waals surface area contributed by atoms with Crippen molar-refractivity contribution in [1.82, 2.24) is 10.0 Å². The van der Waals surface area contributed by atoms with Crippen LogP contribution in [0.5, 0.6) is 0 Å². The van der Waals surface area contributed by atoms with Crippen LogP contribution in [0.15, 0.2) is 59.5 Å². The first-order valence-electron chi connectivity index (χ1n) is 10.5. The maximum Gasteiger partial charge on any atom is 0.308 e. The summed E-state index contributed by atoms with van der Waals surface area (Å²) >= 11 is 0. The van der Waals surface area contributed by atoms with E-state index in [-0.39, 0.29) is 35.2 Å². The van der Waals surface area contributed by atoms with Gasteiger partial charge >= 0.3 is 5.97 Å². The Bertz CT molecular complexity index is 1160. The van der Waals surface area contributed by atoms with Crippen LogP contribution in [0.25, 0.3) is 6.08 Å². The zero-order valence-electron chi connectivity index (χ0n) is 19.1. The Morgan fingerprint density at radius 1 is 1.12 bits per heavy atom. The van der Waals surface area contributed by atoms with Crippen molar-refractivity contribution >= 4 is 33.7 Å². The molecule has 2 rings (SSSR count). The number of carbonyl (C=O) groups is 2. The highest BCUT2D eigenvalue weighted by Gasteiger charge is 2.26. The van der Waals surface area contributed by atoms with Gasteiger partial charge in [0.15, 0.2) is 0 Å². The van der Waals surface area contributed by atoms with Crippen LogP contribution < -0.4 is 10.0 Å². The lowest BCUT2D eigenvalue weighted by atomic mass is 10.0. The second kappa shape index (κ2) is 12.1. The number of para-hydroxylation sites is 1. The first-order chi connectivity index (χ1) is 16.0. The van der Waals surface area contributed by atoms with E-state index in [4.69, 9.17) is 4.74 Å². The van der Waals surface area contributed by atoms with Gasteiger partial charge in [0.2, 0.25) is 15.9 Å². The lowest BCUT2D eigenvalue weighted by Crippen LogP contribution is -2.30. The van der Waals surface area contributed by atoms with Gasteiger partial charge in [0.05, 0.1) is 33.9 Å². The first-order valence-corrected chi connectivity index (χ1v) is 12.0. The number of benzene rings is 2. The van der Waals surface area contributed by atoms with Crippen LogP contribution in [-0.4, -0.2) is 37.9 Å². The van der Waals surface area contributed by atoms with Crippen molar-refractivity contribution in [1.29, 1.82) is 0 Å². The minimum Gasteiger partial charge on any atom is -0.463 e. The Hall–Kier alpha value is -3.57. The zero-order valence-corrected chi connectivity index (χ0v) is 19.9. The third kappa shape index (κ3) is 7.78. The maximum absolute atomic E-state index is 12.6. The monoisotopic (exact) mass is 489 g/mol. The van der Waals surface area contributed by atoms with Crippen LogP contribution in [0.4, 0.5) is 5.69 Å². The molecule has 0 spiro atoms. The molecule has 10 nitrogen and oxygen atoms in total. The molecule has 0 fully saturated rings. The van der Waals surface area contributed by atoms with Crippen molar-refractivity contribution in [2.24, 2.45) is 0 Å². The third-order valence-electron chi connectivity index (χ3n) is 4.52. The van der Waals surface area contributed by atoms with Gasteiger partial charge in [-0.15, -0.1) is 0 Å². The molecule has 2 aromatic rings. The van der Waals surface area contributed by atoms with Gasteiger partial charge in [0.25, 0.3) is 5.69 Å². The molecule has 0 saturated carbocycles. The van der Waals surface area contributed by atoms with E-state index in [1.807, 2.05) is 0 Å². The molecule has 182 valence electrons. The average Bonchev–Trinajstić information content (AvgIpc) is 2.77. The normalized spacial score (nSPS) is 12.5. The Morgan fingerprint density at radius 2 is 1.76 bits per heavy atom. The van der Waals surface area contributed by atoms with Gasteiger partial charge in [-0.3, -0.25) is 19.7 Å². The van der Waals surface area contributed by atoms with E-state index >= 15 is 0 Å². The van der Waals surface area contributed by atoms with Gasteiger partial charge in [-0.1, -0.05) is 37.3 Å². The molecule has 0 bridgehead atoms. The van der Waals surface area contributed by atoms with Crippen molar-refractivity contribution in [3.63, 3.8) is 0 Å². The highest BCUT2D eigenvalue weighted by atomic mass is 32.2. The second-order valence-electron chi connectivity index (χ2n) is 7.52. The summed E-state index contributed by atoms with van der Waals surface area (Å²) in [6, 6.07) is 10.7. The fourth-order valence-corrected chi connectivity index (χ4v) is 4.13. The van der Waals surface area contributed by atoms with Crippen molar-refractivity contribution < 1.29 is 27.7 Å². The largest absolute Gasteiger partial charge is 0.463 e. The van der Waals surface area contributed by atoms with Gasteiger partial charge in [-0.05, 0) is 37.6 Å². The SMILES string of the molecule is CCNS(=O)(=O)c1ccc(/C=C/C(=O)NC(CC(=O)OC(C)C)c2ccccc2[N+](=O)[O-])cc1. The number of carbonyl (C=O) groups excluding carboxylic acids is 2. The molecular weight excluding hydrogens is 462 g/mol. The fourth-order valence-electron chi connectivity index (χ4n) is 3.09. The Kier molecular flexibility index (Phi) is 9.46. The van der Waals surface area contributed by atoms with E-state index in [0.717, 1.165) is 0 Å². The topological polar surface area (TPSA) is 145 Å². The molecule has 11 heteroatoms. The molecule has 0 saturated heterocycles. The number of sulfonamides is 1. The maximum atomic E-state index is 12.6. The van der Waals surface area contributed by atoms with E-state index in [1.54, 1.807) is 26.8 Å². The quantitative estimate of drug-likeness (QED) is 0.213. The molecule has 34 heavy (non-hydrogen) atoms. The number of hydrogen-bond donors (Lipinski definition) is 2. The molecule has 0 heterocycles. The van der Waals surface area contributed by atoms with Crippen LogP contribution in [0.3, 0.4) is 0 Å². The van der Waals surface area contributed by atoms with Crippen LogP contribution in [0.2, 0.25) is 0 Å². The van der Waals surface area contributed by atoms with Crippen LogP contribution in [0.1, 0.15) is 44.4 Å². The molecule has 0 radical (unpaired) electrons. The summed E-state index contributed by atoms with van der Waals surface area (Å²) in [4.78, 5) is 35.7. The molecule has 0 aliphatic carbocycles. The molecule has 1 amide bonds. The predicted molar refractivity (Wildman–Crippen MR) is 126 cm³/mol. The predicted octanol–water partition coefficient (Wildman–Crippen LogP) is 3.11. The van der Waals surface area contributed by atoms with Crippen LogP contribution in [0, 0.1) is 10.1 Å². The van der Waals surface area contributed by atoms with E-state index in [2.05, 4.69) is 10.0 Å². The molecule has 0 aromatic heterocycles. The number of nitro benzene ring substituents is 1. The van der Waals surface area contributed by atoms with E-state index in [1.165, 1.54) is 54.6 Å². The Labute approximate surface area is 198 Å². The van der Waals surface area contributed by atoms with E-state index < -0.39 is 32.9 Å². The van der Waals surface area contributed by atoms with Crippen LogP contribution in [-0.2, 0) is 24.3 Å². The molecule has 2 aromatic carbocycles. The number of hydrogen-bond acceptors (Lipinski definition) is 7. The standard InChI is InChI=1S/C23H27N3O7S/c1-4-24-34(31,32)18-12-9-17(10-13-18)11-14-22(27)25-20(15-23(28)33-16(2)3)19-7-5-6-8-21(19)26(29)30/h5-14,16,20,24H,4,15H2,1-3H3,(H,25,27)/b14-11+. The molecule has 1 unspecified atom stereocenters. The summed E-state index contributed by atoms with van der Waals surface area (Å²) in [6.45, 7) is 5.28. The number of esters is 1. The zero-order chi connectivity index (χ0) is 25.3. The number of nitro groups is 1. The fraction of sp³-hybridized carbons (Fsp3) is 0.304. The first kappa shape index (κ1) is 26.7. The second-order valence-corrected chi connectivity index (χ2v) is 9.29. The van der Waals surface area contributed by atoms with Crippen molar-refractivity contribution in [3.05, 3.63) is 75.8 Å².